The summed E-state index contributed by atoms with van der Waals surface area (Å²) in [7, 11) is 0. The summed E-state index contributed by atoms with van der Waals surface area (Å²) in [6, 6.07) is 14.9. The summed E-state index contributed by atoms with van der Waals surface area (Å²) in [6.45, 7) is 3.98. The number of hydrogen-bond acceptors (Lipinski definition) is 4. The highest BCUT2D eigenvalue weighted by atomic mass is 16.6. The lowest BCUT2D eigenvalue weighted by Crippen LogP contribution is -2.32. The van der Waals surface area contributed by atoms with E-state index in [0.29, 0.717) is 11.3 Å². The van der Waals surface area contributed by atoms with Crippen LogP contribution < -0.4 is 4.74 Å². The highest BCUT2D eigenvalue weighted by Crippen LogP contribution is 2.43. The summed E-state index contributed by atoms with van der Waals surface area (Å²) in [6.07, 6.45) is -0.557. The zero-order chi connectivity index (χ0) is 17.1. The Labute approximate surface area is 141 Å². The fourth-order valence-electron chi connectivity index (χ4n) is 3.10. The number of hydrogen-bond donors (Lipinski definition) is 0. The van der Waals surface area contributed by atoms with Crippen molar-refractivity contribution in [2.45, 2.75) is 32.3 Å². The first kappa shape index (κ1) is 16.2. The molecule has 0 aliphatic carbocycles. The second-order valence-electron chi connectivity index (χ2n) is 5.88. The van der Waals surface area contributed by atoms with Crippen LogP contribution in [0.15, 0.2) is 48.5 Å². The van der Waals surface area contributed by atoms with Crippen LogP contribution in [0, 0.1) is 6.92 Å². The fourth-order valence-corrected chi connectivity index (χ4v) is 3.10. The Kier molecular flexibility index (Phi) is 4.65. The van der Waals surface area contributed by atoms with E-state index in [2.05, 4.69) is 0 Å². The van der Waals surface area contributed by atoms with Gasteiger partial charge in [0.2, 0.25) is 6.10 Å². The summed E-state index contributed by atoms with van der Waals surface area (Å²) < 4.78 is 11.0. The van der Waals surface area contributed by atoms with E-state index in [1.165, 1.54) is 0 Å². The zero-order valence-corrected chi connectivity index (χ0v) is 13.8. The molecule has 1 aliphatic heterocycles. The van der Waals surface area contributed by atoms with Crippen molar-refractivity contribution >= 4 is 11.8 Å². The SMILES string of the molecule is CCOC(=O)[C@H]1Oc2c(C)cccc2[C@H]1CC(=O)c1ccccc1. The van der Waals surface area contributed by atoms with Gasteiger partial charge in [0, 0.05) is 23.5 Å². The van der Waals surface area contributed by atoms with Crippen molar-refractivity contribution in [3.8, 4) is 5.75 Å². The minimum atomic E-state index is -0.770. The third kappa shape index (κ3) is 3.04. The summed E-state index contributed by atoms with van der Waals surface area (Å²) in [5.41, 5.74) is 2.50. The van der Waals surface area contributed by atoms with Crippen LogP contribution in [-0.4, -0.2) is 24.5 Å². The molecule has 124 valence electrons. The van der Waals surface area contributed by atoms with Gasteiger partial charge in [-0.05, 0) is 19.4 Å². The van der Waals surface area contributed by atoms with E-state index < -0.39 is 12.1 Å². The van der Waals surface area contributed by atoms with Gasteiger partial charge in [0.15, 0.2) is 5.78 Å². The maximum atomic E-state index is 12.6. The smallest absolute Gasteiger partial charge is 0.347 e. The minimum Gasteiger partial charge on any atom is -0.477 e. The van der Waals surface area contributed by atoms with E-state index in [1.54, 1.807) is 19.1 Å². The first-order chi connectivity index (χ1) is 11.6. The van der Waals surface area contributed by atoms with Crippen LogP contribution in [0.2, 0.25) is 0 Å². The molecule has 0 radical (unpaired) electrons. The Morgan fingerprint density at radius 1 is 1.08 bits per heavy atom. The molecule has 0 fully saturated rings. The molecule has 0 saturated carbocycles. The van der Waals surface area contributed by atoms with Crippen molar-refractivity contribution in [1.82, 2.24) is 0 Å². The highest BCUT2D eigenvalue weighted by Gasteiger charge is 2.42. The van der Waals surface area contributed by atoms with Gasteiger partial charge < -0.3 is 9.47 Å². The normalized spacial score (nSPS) is 18.6. The molecule has 1 heterocycles. The number of ketones is 1. The molecule has 4 nitrogen and oxygen atoms in total. The molecule has 4 heteroatoms. The lowest BCUT2D eigenvalue weighted by atomic mass is 9.88. The van der Waals surface area contributed by atoms with E-state index >= 15 is 0 Å². The molecule has 2 aromatic rings. The van der Waals surface area contributed by atoms with Crippen molar-refractivity contribution in [3.63, 3.8) is 0 Å². The maximum absolute atomic E-state index is 12.6. The molecule has 0 bridgehead atoms. The third-order valence-corrected chi connectivity index (χ3v) is 4.27. The predicted octanol–water partition coefficient (Wildman–Crippen LogP) is 3.68. The number of para-hydroxylation sites is 1. The molecule has 1 aliphatic rings. The van der Waals surface area contributed by atoms with Crippen molar-refractivity contribution in [2.75, 3.05) is 6.61 Å². The highest BCUT2D eigenvalue weighted by molar-refractivity contribution is 5.97. The monoisotopic (exact) mass is 324 g/mol. The molecule has 0 N–H and O–H groups in total. The van der Waals surface area contributed by atoms with E-state index in [1.807, 2.05) is 43.3 Å². The van der Waals surface area contributed by atoms with Crippen LogP contribution in [0.4, 0.5) is 0 Å². The summed E-state index contributed by atoms with van der Waals surface area (Å²) >= 11 is 0. The summed E-state index contributed by atoms with van der Waals surface area (Å²) in [5.74, 6) is -0.0557. The molecule has 3 rings (SSSR count). The third-order valence-electron chi connectivity index (χ3n) is 4.27. The number of aryl methyl sites for hydroxylation is 1. The lowest BCUT2D eigenvalue weighted by molar-refractivity contribution is -0.151. The molecule has 24 heavy (non-hydrogen) atoms. The van der Waals surface area contributed by atoms with Gasteiger partial charge in [0.25, 0.3) is 0 Å². The van der Waals surface area contributed by atoms with Crippen LogP contribution in [-0.2, 0) is 9.53 Å². The average molecular weight is 324 g/mol. The second-order valence-corrected chi connectivity index (χ2v) is 5.88. The largest absolute Gasteiger partial charge is 0.477 e. The molecular formula is C20H20O4. The van der Waals surface area contributed by atoms with Crippen molar-refractivity contribution in [1.29, 1.82) is 0 Å². The van der Waals surface area contributed by atoms with E-state index in [9.17, 15) is 9.59 Å². The van der Waals surface area contributed by atoms with Crippen LogP contribution in [0.25, 0.3) is 0 Å². The van der Waals surface area contributed by atoms with Gasteiger partial charge in [-0.1, -0.05) is 48.5 Å². The number of Topliss-reactive ketones (excluding diaryl/α,β-unsaturated/α-hetero) is 1. The first-order valence-electron chi connectivity index (χ1n) is 8.13. The predicted molar refractivity (Wildman–Crippen MR) is 90.4 cm³/mol. The van der Waals surface area contributed by atoms with Crippen LogP contribution >= 0.6 is 0 Å². The standard InChI is InChI=1S/C20H20O4/c1-3-23-20(22)19-16(12-17(21)14-9-5-4-6-10-14)15-11-7-8-13(2)18(15)24-19/h4-11,16,19H,3,12H2,1-2H3/t16-,19+/m1/s1. The van der Waals surface area contributed by atoms with Gasteiger partial charge in [-0.25, -0.2) is 4.79 Å². The average Bonchev–Trinajstić information content (AvgIpc) is 2.96. The number of ether oxygens (including phenoxy) is 2. The van der Waals surface area contributed by atoms with Gasteiger partial charge in [-0.3, -0.25) is 4.79 Å². The molecule has 0 saturated heterocycles. The van der Waals surface area contributed by atoms with Crippen LogP contribution in [0.5, 0.6) is 5.75 Å². The van der Waals surface area contributed by atoms with E-state index in [0.717, 1.165) is 11.1 Å². The molecule has 2 atom stereocenters. The van der Waals surface area contributed by atoms with Gasteiger partial charge in [-0.2, -0.15) is 0 Å². The Morgan fingerprint density at radius 2 is 1.83 bits per heavy atom. The lowest BCUT2D eigenvalue weighted by Gasteiger charge is -2.17. The number of benzene rings is 2. The molecule has 0 amide bonds. The molecule has 2 aromatic carbocycles. The van der Waals surface area contributed by atoms with Gasteiger partial charge in [-0.15, -0.1) is 0 Å². The second kappa shape index (κ2) is 6.87. The quantitative estimate of drug-likeness (QED) is 0.622. The Bertz CT molecular complexity index is 751. The molecular weight excluding hydrogens is 304 g/mol. The van der Waals surface area contributed by atoms with Crippen LogP contribution in [0.3, 0.4) is 0 Å². The topological polar surface area (TPSA) is 52.6 Å². The van der Waals surface area contributed by atoms with Crippen molar-refractivity contribution in [2.24, 2.45) is 0 Å². The van der Waals surface area contributed by atoms with Crippen molar-refractivity contribution < 1.29 is 19.1 Å². The summed E-state index contributed by atoms with van der Waals surface area (Å²) in [4.78, 5) is 24.9. The number of carbonyl (C=O) groups is 2. The molecule has 0 spiro atoms. The first-order valence-corrected chi connectivity index (χ1v) is 8.13. The zero-order valence-electron chi connectivity index (χ0n) is 13.8. The van der Waals surface area contributed by atoms with Gasteiger partial charge in [0.1, 0.15) is 5.75 Å². The van der Waals surface area contributed by atoms with Gasteiger partial charge >= 0.3 is 5.97 Å². The maximum Gasteiger partial charge on any atom is 0.347 e. The number of esters is 1. The van der Waals surface area contributed by atoms with Crippen LogP contribution in [0.1, 0.15) is 40.7 Å². The minimum absolute atomic E-state index is 0.00662. The summed E-state index contributed by atoms with van der Waals surface area (Å²) in [5, 5.41) is 0. The molecule has 0 aromatic heterocycles. The number of fused-ring (bicyclic) bond motifs is 1. The van der Waals surface area contributed by atoms with E-state index in [4.69, 9.17) is 9.47 Å². The Hall–Kier alpha value is -2.62. The Morgan fingerprint density at radius 3 is 2.54 bits per heavy atom. The van der Waals surface area contributed by atoms with Crippen molar-refractivity contribution in [3.05, 3.63) is 65.2 Å². The molecule has 0 unspecified atom stereocenters. The fraction of sp³-hybridized carbons (Fsp3) is 0.300. The van der Waals surface area contributed by atoms with E-state index in [-0.39, 0.29) is 24.7 Å². The Balaban J connectivity index is 1.91. The number of rotatable bonds is 5. The van der Waals surface area contributed by atoms with Gasteiger partial charge in [0.05, 0.1) is 6.61 Å². The number of carbonyl (C=O) groups excluding carboxylic acids is 2.